The van der Waals surface area contributed by atoms with E-state index in [1.54, 1.807) is 6.07 Å². The Hall–Kier alpha value is -2.93. The Bertz CT molecular complexity index is 876. The molecule has 6 nitrogen and oxygen atoms in total. The minimum atomic E-state index is -0.309. The van der Waals surface area contributed by atoms with Gasteiger partial charge in [-0.15, -0.1) is 11.3 Å². The first-order valence-electron chi connectivity index (χ1n) is 7.79. The van der Waals surface area contributed by atoms with Crippen molar-refractivity contribution in [1.29, 1.82) is 0 Å². The maximum Gasteiger partial charge on any atom is 0.267 e. The molecular formula is C18H17N3O3S. The average molecular weight is 355 g/mol. The van der Waals surface area contributed by atoms with Crippen LogP contribution in [0.1, 0.15) is 0 Å². The first-order chi connectivity index (χ1) is 12.2. The Kier molecular flexibility index (Phi) is 5.58. The number of carbonyl (C=O) groups excluding carboxylic acids is 1. The number of carbonyl (C=O) groups is 1. The lowest BCUT2D eigenvalue weighted by molar-refractivity contribution is -0.122. The van der Waals surface area contributed by atoms with Crippen molar-refractivity contribution in [3.8, 4) is 16.3 Å². The summed E-state index contributed by atoms with van der Waals surface area (Å²) in [6, 6.07) is 16.3. The van der Waals surface area contributed by atoms with E-state index in [-0.39, 0.29) is 18.0 Å². The van der Waals surface area contributed by atoms with Gasteiger partial charge in [-0.1, -0.05) is 24.3 Å². The smallest absolute Gasteiger partial charge is 0.267 e. The van der Waals surface area contributed by atoms with E-state index in [0.29, 0.717) is 18.8 Å². The maximum atomic E-state index is 12.0. The summed E-state index contributed by atoms with van der Waals surface area (Å²) >= 11 is 1.53. The number of ether oxygens (including phenoxy) is 1. The number of benzene rings is 1. The minimum absolute atomic E-state index is 0.122. The van der Waals surface area contributed by atoms with Crippen molar-refractivity contribution in [3.05, 3.63) is 70.3 Å². The zero-order valence-corrected chi connectivity index (χ0v) is 14.2. The summed E-state index contributed by atoms with van der Waals surface area (Å²) < 4.78 is 6.67. The van der Waals surface area contributed by atoms with E-state index in [2.05, 4.69) is 10.4 Å². The van der Waals surface area contributed by atoms with Crippen LogP contribution in [0.15, 0.2) is 64.8 Å². The molecule has 0 saturated heterocycles. The van der Waals surface area contributed by atoms with Gasteiger partial charge in [0.05, 0.1) is 11.4 Å². The van der Waals surface area contributed by atoms with Crippen LogP contribution in [0.3, 0.4) is 0 Å². The molecule has 0 fully saturated rings. The van der Waals surface area contributed by atoms with Gasteiger partial charge in [-0.25, -0.2) is 4.68 Å². The topological polar surface area (TPSA) is 73.2 Å². The summed E-state index contributed by atoms with van der Waals surface area (Å²) in [5, 5.41) is 8.91. The number of thiophene rings is 1. The quantitative estimate of drug-likeness (QED) is 0.659. The van der Waals surface area contributed by atoms with Crippen molar-refractivity contribution in [1.82, 2.24) is 15.1 Å². The van der Waals surface area contributed by atoms with E-state index in [9.17, 15) is 9.59 Å². The van der Waals surface area contributed by atoms with E-state index in [4.69, 9.17) is 4.74 Å². The number of aromatic nitrogens is 2. The van der Waals surface area contributed by atoms with Gasteiger partial charge >= 0.3 is 0 Å². The number of para-hydroxylation sites is 1. The molecule has 1 amide bonds. The van der Waals surface area contributed by atoms with Gasteiger partial charge < -0.3 is 10.1 Å². The van der Waals surface area contributed by atoms with Gasteiger partial charge in [-0.2, -0.15) is 5.10 Å². The second kappa shape index (κ2) is 8.25. The molecule has 0 radical (unpaired) electrons. The van der Waals surface area contributed by atoms with Gasteiger partial charge in [-0.3, -0.25) is 9.59 Å². The molecule has 0 aliphatic heterocycles. The summed E-state index contributed by atoms with van der Waals surface area (Å²) in [6.07, 6.45) is 0. The Morgan fingerprint density at radius 1 is 1.12 bits per heavy atom. The van der Waals surface area contributed by atoms with Gasteiger partial charge in [0.1, 0.15) is 24.6 Å². The van der Waals surface area contributed by atoms with Gasteiger partial charge in [0.15, 0.2) is 0 Å². The summed E-state index contributed by atoms with van der Waals surface area (Å²) in [6.45, 7) is 0.587. The fourth-order valence-corrected chi connectivity index (χ4v) is 2.88. The molecule has 3 rings (SSSR count). The van der Waals surface area contributed by atoms with E-state index >= 15 is 0 Å². The molecule has 0 saturated carbocycles. The predicted molar refractivity (Wildman–Crippen MR) is 96.8 cm³/mol. The molecule has 1 aromatic carbocycles. The predicted octanol–water partition coefficient (Wildman–Crippen LogP) is 2.17. The van der Waals surface area contributed by atoms with Crippen LogP contribution in [-0.4, -0.2) is 28.8 Å². The summed E-state index contributed by atoms with van der Waals surface area (Å²) in [5.41, 5.74) is 0.366. The van der Waals surface area contributed by atoms with Crippen molar-refractivity contribution in [3.63, 3.8) is 0 Å². The first-order valence-corrected chi connectivity index (χ1v) is 8.67. The highest BCUT2D eigenvalue weighted by molar-refractivity contribution is 7.13. The summed E-state index contributed by atoms with van der Waals surface area (Å²) in [5.74, 6) is 0.466. The van der Waals surface area contributed by atoms with Crippen LogP contribution in [0.25, 0.3) is 10.6 Å². The van der Waals surface area contributed by atoms with Crippen molar-refractivity contribution in [2.45, 2.75) is 6.54 Å². The van der Waals surface area contributed by atoms with E-state index in [0.717, 1.165) is 10.6 Å². The molecule has 2 aromatic heterocycles. The Labute approximate surface area is 148 Å². The Morgan fingerprint density at radius 3 is 2.72 bits per heavy atom. The van der Waals surface area contributed by atoms with Crippen LogP contribution in [0.5, 0.6) is 5.75 Å². The Balaban J connectivity index is 1.52. The zero-order valence-electron chi connectivity index (χ0n) is 13.4. The van der Waals surface area contributed by atoms with Crippen molar-refractivity contribution in [2.75, 3.05) is 13.2 Å². The molecule has 25 heavy (non-hydrogen) atoms. The molecule has 0 bridgehead atoms. The standard InChI is InChI=1S/C18H17N3O3S/c22-17(19-10-11-24-14-5-2-1-3-6-14)13-21-18(23)9-8-15(20-21)16-7-4-12-25-16/h1-9,12H,10-11,13H2,(H,19,22). The molecule has 0 unspecified atom stereocenters. The fraction of sp³-hybridized carbons (Fsp3) is 0.167. The molecular weight excluding hydrogens is 338 g/mol. The number of hydrogen-bond acceptors (Lipinski definition) is 5. The minimum Gasteiger partial charge on any atom is -0.492 e. The van der Waals surface area contributed by atoms with Gasteiger partial charge in [0.2, 0.25) is 5.91 Å². The van der Waals surface area contributed by atoms with E-state index in [1.165, 1.54) is 22.1 Å². The van der Waals surface area contributed by atoms with Crippen LogP contribution in [0.2, 0.25) is 0 Å². The lowest BCUT2D eigenvalue weighted by Gasteiger charge is -2.09. The number of nitrogens with zero attached hydrogens (tertiary/aromatic N) is 2. The molecule has 0 atom stereocenters. The Morgan fingerprint density at radius 2 is 1.96 bits per heavy atom. The highest BCUT2D eigenvalue weighted by atomic mass is 32.1. The lowest BCUT2D eigenvalue weighted by Crippen LogP contribution is -2.35. The molecule has 0 spiro atoms. The summed E-state index contributed by atoms with van der Waals surface area (Å²) in [7, 11) is 0. The van der Waals surface area contributed by atoms with Gasteiger partial charge in [-0.05, 0) is 29.6 Å². The van der Waals surface area contributed by atoms with Gasteiger partial charge in [0, 0.05) is 6.07 Å². The first kappa shape index (κ1) is 16.9. The third-order valence-corrected chi connectivity index (χ3v) is 4.26. The molecule has 0 aliphatic carbocycles. The monoisotopic (exact) mass is 355 g/mol. The second-order valence-electron chi connectivity index (χ2n) is 5.20. The SMILES string of the molecule is O=C(Cn1nc(-c2cccs2)ccc1=O)NCCOc1ccccc1. The van der Waals surface area contributed by atoms with Crippen molar-refractivity contribution >= 4 is 17.2 Å². The average Bonchev–Trinajstić information content (AvgIpc) is 3.16. The maximum absolute atomic E-state index is 12.0. The van der Waals surface area contributed by atoms with Crippen LogP contribution in [0, 0.1) is 0 Å². The number of hydrogen-bond donors (Lipinski definition) is 1. The van der Waals surface area contributed by atoms with Crippen molar-refractivity contribution in [2.24, 2.45) is 0 Å². The normalized spacial score (nSPS) is 10.4. The summed E-state index contributed by atoms with van der Waals surface area (Å²) in [4.78, 5) is 24.9. The zero-order chi connectivity index (χ0) is 17.5. The highest BCUT2D eigenvalue weighted by Gasteiger charge is 2.08. The fourth-order valence-electron chi connectivity index (χ4n) is 2.19. The number of amides is 1. The third kappa shape index (κ3) is 4.77. The largest absolute Gasteiger partial charge is 0.492 e. The lowest BCUT2D eigenvalue weighted by atomic mass is 10.3. The van der Waals surface area contributed by atoms with Crippen LogP contribution in [-0.2, 0) is 11.3 Å². The molecule has 3 aromatic rings. The van der Waals surface area contributed by atoms with Crippen LogP contribution in [0.4, 0.5) is 0 Å². The van der Waals surface area contributed by atoms with Crippen molar-refractivity contribution < 1.29 is 9.53 Å². The molecule has 128 valence electrons. The van der Waals surface area contributed by atoms with Crippen LogP contribution < -0.4 is 15.6 Å². The molecule has 0 aliphatic rings. The second-order valence-corrected chi connectivity index (χ2v) is 6.15. The molecule has 2 heterocycles. The van der Waals surface area contributed by atoms with E-state index in [1.807, 2.05) is 47.8 Å². The van der Waals surface area contributed by atoms with Crippen LogP contribution >= 0.6 is 11.3 Å². The molecule has 7 heteroatoms. The van der Waals surface area contributed by atoms with E-state index < -0.39 is 0 Å². The molecule has 1 N–H and O–H groups in total. The third-order valence-electron chi connectivity index (χ3n) is 3.37. The number of nitrogens with one attached hydrogen (secondary N) is 1. The van der Waals surface area contributed by atoms with Gasteiger partial charge in [0.25, 0.3) is 5.56 Å². The number of rotatable bonds is 7. The highest BCUT2D eigenvalue weighted by Crippen LogP contribution is 2.20.